The normalized spacial score (nSPS) is 11.3. The highest BCUT2D eigenvalue weighted by molar-refractivity contribution is 7.22. The Morgan fingerprint density at radius 1 is 1.06 bits per heavy atom. The first kappa shape index (κ1) is 19.2. The number of fused-ring (bicyclic) bond motifs is 2. The molecule has 0 aliphatic carbocycles. The van der Waals surface area contributed by atoms with Crippen LogP contribution in [0.5, 0.6) is 0 Å². The summed E-state index contributed by atoms with van der Waals surface area (Å²) in [6, 6.07) is 20.8. The van der Waals surface area contributed by atoms with Crippen LogP contribution in [-0.4, -0.2) is 15.5 Å². The molecule has 0 unspecified atom stereocenters. The Hall–Kier alpha value is -3.78. The molecule has 0 atom stereocenters. The van der Waals surface area contributed by atoms with Crippen LogP contribution >= 0.6 is 11.3 Å². The van der Waals surface area contributed by atoms with Gasteiger partial charge in [-0.05, 0) is 35.9 Å². The van der Waals surface area contributed by atoms with Gasteiger partial charge in [0.15, 0.2) is 10.7 Å². The van der Waals surface area contributed by atoms with E-state index in [1.54, 1.807) is 30.3 Å². The molecule has 8 heteroatoms. The van der Waals surface area contributed by atoms with E-state index in [4.69, 9.17) is 4.42 Å². The molecule has 6 nitrogen and oxygen atoms in total. The maximum absolute atomic E-state index is 13.6. The first-order valence-corrected chi connectivity index (χ1v) is 10.4. The van der Waals surface area contributed by atoms with E-state index in [0.29, 0.717) is 26.4 Å². The molecule has 0 bridgehead atoms. The number of anilines is 1. The summed E-state index contributed by atoms with van der Waals surface area (Å²) < 4.78 is 20.8. The molecule has 5 aromatic rings. The van der Waals surface area contributed by atoms with Crippen LogP contribution < -0.4 is 10.7 Å². The topological polar surface area (TPSA) is 68.3 Å². The zero-order valence-electron chi connectivity index (χ0n) is 16.2. The van der Waals surface area contributed by atoms with Crippen LogP contribution in [0.15, 0.2) is 82.0 Å². The van der Waals surface area contributed by atoms with Gasteiger partial charge in [0, 0.05) is 0 Å². The lowest BCUT2D eigenvalue weighted by molar-refractivity contribution is -0.119. The molecule has 0 fully saturated rings. The number of hydrogen-bond acceptors (Lipinski definition) is 5. The SMILES string of the molecule is O=C(Cn1c(=O)oc2ccccc21)N(Cc1ccccc1)c1nc2ccc(F)cc2s1. The summed E-state index contributed by atoms with van der Waals surface area (Å²) >= 11 is 1.23. The van der Waals surface area contributed by atoms with Crippen LogP contribution in [-0.2, 0) is 17.9 Å². The van der Waals surface area contributed by atoms with Gasteiger partial charge >= 0.3 is 5.76 Å². The molecule has 0 radical (unpaired) electrons. The highest BCUT2D eigenvalue weighted by atomic mass is 32.1. The molecule has 0 saturated heterocycles. The van der Waals surface area contributed by atoms with E-state index in [9.17, 15) is 14.0 Å². The molecule has 0 aliphatic heterocycles. The van der Waals surface area contributed by atoms with E-state index in [-0.39, 0.29) is 24.8 Å². The fourth-order valence-corrected chi connectivity index (χ4v) is 4.42. The standard InChI is InChI=1S/C23H16FN3O3S/c24-16-10-11-17-20(12-16)31-22(25-17)27(13-15-6-2-1-3-7-15)21(28)14-26-18-8-4-5-9-19(18)30-23(26)29/h1-12H,13-14H2. The van der Waals surface area contributed by atoms with E-state index in [1.165, 1.54) is 32.9 Å². The third kappa shape index (κ3) is 3.73. The maximum Gasteiger partial charge on any atom is 0.420 e. The fraction of sp³-hybridized carbons (Fsp3) is 0.0870. The molecule has 154 valence electrons. The van der Waals surface area contributed by atoms with Crippen LogP contribution in [0.25, 0.3) is 21.3 Å². The van der Waals surface area contributed by atoms with Crippen molar-refractivity contribution in [3.63, 3.8) is 0 Å². The van der Waals surface area contributed by atoms with Crippen molar-refractivity contribution in [3.8, 4) is 0 Å². The minimum Gasteiger partial charge on any atom is -0.408 e. The van der Waals surface area contributed by atoms with Gasteiger partial charge in [0.2, 0.25) is 5.91 Å². The van der Waals surface area contributed by atoms with E-state index < -0.39 is 5.76 Å². The van der Waals surface area contributed by atoms with Gasteiger partial charge in [-0.2, -0.15) is 0 Å². The molecule has 2 aromatic heterocycles. The van der Waals surface area contributed by atoms with Crippen LogP contribution in [0, 0.1) is 5.82 Å². The Kier molecular flexibility index (Phi) is 4.83. The summed E-state index contributed by atoms with van der Waals surface area (Å²) in [5.41, 5.74) is 2.49. The number of rotatable bonds is 5. The van der Waals surface area contributed by atoms with E-state index in [2.05, 4.69) is 4.98 Å². The molecular formula is C23H16FN3O3S. The zero-order chi connectivity index (χ0) is 21.4. The van der Waals surface area contributed by atoms with Gasteiger partial charge < -0.3 is 4.42 Å². The smallest absolute Gasteiger partial charge is 0.408 e. The number of aromatic nitrogens is 2. The third-order valence-electron chi connectivity index (χ3n) is 4.92. The van der Waals surface area contributed by atoms with Crippen molar-refractivity contribution in [2.45, 2.75) is 13.1 Å². The number of carbonyl (C=O) groups excluding carboxylic acids is 1. The van der Waals surface area contributed by atoms with Gasteiger partial charge in [0.1, 0.15) is 12.4 Å². The van der Waals surface area contributed by atoms with Crippen molar-refractivity contribution < 1.29 is 13.6 Å². The average Bonchev–Trinajstić information content (AvgIpc) is 3.33. The van der Waals surface area contributed by atoms with E-state index in [1.807, 2.05) is 30.3 Å². The van der Waals surface area contributed by atoms with Crippen molar-refractivity contribution in [2.75, 3.05) is 4.90 Å². The lowest BCUT2D eigenvalue weighted by Gasteiger charge is -2.20. The Labute approximate surface area is 179 Å². The van der Waals surface area contributed by atoms with Crippen molar-refractivity contribution in [2.24, 2.45) is 0 Å². The number of halogens is 1. The second-order valence-corrected chi connectivity index (χ2v) is 8.00. The predicted octanol–water partition coefficient (Wildman–Crippen LogP) is 4.58. The number of nitrogens with zero attached hydrogens (tertiary/aromatic N) is 3. The average molecular weight is 433 g/mol. The Morgan fingerprint density at radius 2 is 1.84 bits per heavy atom. The number of thiazole rings is 1. The van der Waals surface area contributed by atoms with Gasteiger partial charge in [0.05, 0.1) is 22.3 Å². The molecule has 3 aromatic carbocycles. The minimum atomic E-state index is -0.597. The monoisotopic (exact) mass is 433 g/mol. The molecule has 31 heavy (non-hydrogen) atoms. The second kappa shape index (κ2) is 7.81. The highest BCUT2D eigenvalue weighted by Gasteiger charge is 2.23. The fourth-order valence-electron chi connectivity index (χ4n) is 3.41. The number of amides is 1. The summed E-state index contributed by atoms with van der Waals surface area (Å²) in [5.74, 6) is -1.28. The third-order valence-corrected chi connectivity index (χ3v) is 5.96. The van der Waals surface area contributed by atoms with Crippen LogP contribution in [0.1, 0.15) is 5.56 Å². The molecular weight excluding hydrogens is 417 g/mol. The number of para-hydroxylation sites is 2. The van der Waals surface area contributed by atoms with Crippen molar-refractivity contribution in [1.82, 2.24) is 9.55 Å². The largest absolute Gasteiger partial charge is 0.420 e. The lowest BCUT2D eigenvalue weighted by Crippen LogP contribution is -2.35. The Balaban J connectivity index is 1.54. The molecule has 0 spiro atoms. The molecule has 1 amide bonds. The first-order chi connectivity index (χ1) is 15.1. The predicted molar refractivity (Wildman–Crippen MR) is 118 cm³/mol. The second-order valence-electron chi connectivity index (χ2n) is 7.00. The molecule has 2 heterocycles. The van der Waals surface area contributed by atoms with Crippen molar-refractivity contribution in [3.05, 3.63) is 94.7 Å². The lowest BCUT2D eigenvalue weighted by atomic mass is 10.2. The summed E-state index contributed by atoms with van der Waals surface area (Å²) in [4.78, 5) is 31.8. The summed E-state index contributed by atoms with van der Waals surface area (Å²) in [7, 11) is 0. The van der Waals surface area contributed by atoms with Gasteiger partial charge in [-0.3, -0.25) is 14.3 Å². The summed E-state index contributed by atoms with van der Waals surface area (Å²) in [5, 5.41) is 0.440. The van der Waals surface area contributed by atoms with Crippen molar-refractivity contribution >= 4 is 43.7 Å². The van der Waals surface area contributed by atoms with Gasteiger partial charge in [-0.15, -0.1) is 0 Å². The number of hydrogen-bond donors (Lipinski definition) is 0. The minimum absolute atomic E-state index is 0.201. The first-order valence-electron chi connectivity index (χ1n) is 9.57. The van der Waals surface area contributed by atoms with Crippen LogP contribution in [0.4, 0.5) is 9.52 Å². The highest BCUT2D eigenvalue weighted by Crippen LogP contribution is 2.30. The van der Waals surface area contributed by atoms with Crippen LogP contribution in [0.2, 0.25) is 0 Å². The van der Waals surface area contributed by atoms with Crippen LogP contribution in [0.3, 0.4) is 0 Å². The molecule has 0 saturated carbocycles. The van der Waals surface area contributed by atoms with Crippen molar-refractivity contribution in [1.29, 1.82) is 0 Å². The summed E-state index contributed by atoms with van der Waals surface area (Å²) in [6.07, 6.45) is 0. The zero-order valence-corrected chi connectivity index (χ0v) is 17.0. The van der Waals surface area contributed by atoms with Gasteiger partial charge in [0.25, 0.3) is 0 Å². The van der Waals surface area contributed by atoms with E-state index >= 15 is 0 Å². The van der Waals surface area contributed by atoms with Gasteiger partial charge in [-0.25, -0.2) is 14.2 Å². The molecule has 0 N–H and O–H groups in total. The molecule has 5 rings (SSSR count). The summed E-state index contributed by atoms with van der Waals surface area (Å²) in [6.45, 7) is 0.0689. The Bertz CT molecular complexity index is 1460. The quantitative estimate of drug-likeness (QED) is 0.407. The number of carbonyl (C=O) groups is 1. The van der Waals surface area contributed by atoms with E-state index in [0.717, 1.165) is 5.56 Å². The Morgan fingerprint density at radius 3 is 2.68 bits per heavy atom. The van der Waals surface area contributed by atoms with Gasteiger partial charge in [-0.1, -0.05) is 53.8 Å². The number of benzene rings is 3. The molecule has 0 aliphatic rings. The maximum atomic E-state index is 13.6. The number of oxazole rings is 1.